The van der Waals surface area contributed by atoms with Crippen LogP contribution < -0.4 is 9.47 Å². The minimum absolute atomic E-state index is 0.0362. The van der Waals surface area contributed by atoms with E-state index in [1.807, 2.05) is 23.5 Å². The SMILES string of the molecule is COc1ccc(C2CCCN2CC(=O)N2CCc3sccc3C2c2cccs2)c(OC)c1. The summed E-state index contributed by atoms with van der Waals surface area (Å²) in [4.78, 5) is 20.7. The third kappa shape index (κ3) is 3.93. The molecule has 2 aliphatic rings. The van der Waals surface area contributed by atoms with Gasteiger partial charge < -0.3 is 14.4 Å². The molecule has 2 atom stereocenters. The molecule has 2 unspecified atom stereocenters. The zero-order chi connectivity index (χ0) is 22.1. The molecule has 0 radical (unpaired) electrons. The third-order valence-corrected chi connectivity index (χ3v) is 8.52. The van der Waals surface area contributed by atoms with Gasteiger partial charge in [0.05, 0.1) is 26.8 Å². The van der Waals surface area contributed by atoms with Gasteiger partial charge in [-0.3, -0.25) is 9.69 Å². The van der Waals surface area contributed by atoms with Crippen LogP contribution in [0.5, 0.6) is 11.5 Å². The standard InChI is InChI=1S/C25H28N2O3S2/c1-29-17-7-8-18(21(15-17)30-2)20-5-3-11-26(20)16-24(28)27-12-9-22-19(10-14-32-22)25(27)23-6-4-13-31-23/h4,6-8,10,13-15,20,25H,3,5,9,11-12,16H2,1-2H3. The zero-order valence-corrected chi connectivity index (χ0v) is 20.1. The van der Waals surface area contributed by atoms with Crippen molar-refractivity contribution in [1.29, 1.82) is 0 Å². The summed E-state index contributed by atoms with van der Waals surface area (Å²) in [6.07, 6.45) is 3.05. The fraction of sp³-hybridized carbons (Fsp3) is 0.400. The van der Waals surface area contributed by atoms with Gasteiger partial charge in [-0.2, -0.15) is 0 Å². The van der Waals surface area contributed by atoms with Gasteiger partial charge in [0.15, 0.2) is 0 Å². The van der Waals surface area contributed by atoms with Crippen molar-refractivity contribution >= 4 is 28.6 Å². The topological polar surface area (TPSA) is 42.0 Å². The van der Waals surface area contributed by atoms with Crippen LogP contribution in [0.2, 0.25) is 0 Å². The molecule has 3 aromatic rings. The zero-order valence-electron chi connectivity index (χ0n) is 18.5. The highest BCUT2D eigenvalue weighted by Gasteiger charge is 2.36. The van der Waals surface area contributed by atoms with Gasteiger partial charge in [0.2, 0.25) is 5.91 Å². The monoisotopic (exact) mass is 468 g/mol. The molecule has 5 nitrogen and oxygen atoms in total. The van der Waals surface area contributed by atoms with Crippen LogP contribution in [0, 0.1) is 0 Å². The number of nitrogens with zero attached hydrogens (tertiary/aromatic N) is 2. The second kappa shape index (κ2) is 9.25. The van der Waals surface area contributed by atoms with E-state index in [1.165, 1.54) is 15.3 Å². The highest BCUT2D eigenvalue weighted by atomic mass is 32.1. The molecule has 0 aliphatic carbocycles. The third-order valence-electron chi connectivity index (χ3n) is 6.60. The van der Waals surface area contributed by atoms with Crippen molar-refractivity contribution in [2.75, 3.05) is 33.9 Å². The molecule has 1 saturated heterocycles. The Morgan fingerprint density at radius 1 is 1.06 bits per heavy atom. The fourth-order valence-electron chi connectivity index (χ4n) is 5.06. The lowest BCUT2D eigenvalue weighted by molar-refractivity contribution is -0.134. The normalized spacial score (nSPS) is 20.9. The average molecular weight is 469 g/mol. The van der Waals surface area contributed by atoms with Gasteiger partial charge in [-0.1, -0.05) is 12.1 Å². The number of methoxy groups -OCH3 is 2. The predicted molar refractivity (Wildman–Crippen MR) is 129 cm³/mol. The molecule has 7 heteroatoms. The van der Waals surface area contributed by atoms with E-state index in [0.717, 1.165) is 49.4 Å². The fourth-order valence-corrected chi connectivity index (χ4v) is 6.82. The van der Waals surface area contributed by atoms with E-state index in [4.69, 9.17) is 9.47 Å². The van der Waals surface area contributed by atoms with Crippen LogP contribution in [0.1, 0.15) is 45.8 Å². The minimum atomic E-state index is 0.0362. The Morgan fingerprint density at radius 3 is 2.75 bits per heavy atom. The number of rotatable bonds is 6. The Balaban J connectivity index is 1.38. The van der Waals surface area contributed by atoms with Crippen LogP contribution in [0.4, 0.5) is 0 Å². The first-order valence-electron chi connectivity index (χ1n) is 11.0. The van der Waals surface area contributed by atoms with Crippen molar-refractivity contribution in [3.05, 3.63) is 68.0 Å². The largest absolute Gasteiger partial charge is 0.497 e. The number of likely N-dealkylation sites (tertiary alicyclic amines) is 1. The summed E-state index contributed by atoms with van der Waals surface area (Å²) in [5, 5.41) is 4.26. The van der Waals surface area contributed by atoms with Crippen molar-refractivity contribution in [3.8, 4) is 11.5 Å². The van der Waals surface area contributed by atoms with E-state index in [2.05, 4.69) is 44.8 Å². The molecule has 0 saturated carbocycles. The van der Waals surface area contributed by atoms with Crippen molar-refractivity contribution in [2.24, 2.45) is 0 Å². The molecule has 2 aromatic heterocycles. The van der Waals surface area contributed by atoms with Crippen LogP contribution in [-0.4, -0.2) is 49.6 Å². The lowest BCUT2D eigenvalue weighted by Crippen LogP contribution is -2.45. The Morgan fingerprint density at radius 2 is 1.97 bits per heavy atom. The quantitative estimate of drug-likeness (QED) is 0.503. The number of carbonyl (C=O) groups is 1. The maximum Gasteiger partial charge on any atom is 0.237 e. The number of amides is 1. The van der Waals surface area contributed by atoms with Gasteiger partial charge >= 0.3 is 0 Å². The Bertz CT molecular complexity index is 1080. The molecule has 2 aliphatic heterocycles. The Labute approximate surface area is 197 Å². The first kappa shape index (κ1) is 21.5. The number of hydrogen-bond acceptors (Lipinski definition) is 6. The van der Waals surface area contributed by atoms with Gasteiger partial charge in [0, 0.05) is 34.0 Å². The van der Waals surface area contributed by atoms with Crippen LogP contribution in [0.3, 0.4) is 0 Å². The van der Waals surface area contributed by atoms with Crippen LogP contribution >= 0.6 is 22.7 Å². The molecule has 1 amide bonds. The van der Waals surface area contributed by atoms with Gasteiger partial charge in [-0.25, -0.2) is 0 Å². The lowest BCUT2D eigenvalue weighted by Gasteiger charge is -2.37. The van der Waals surface area contributed by atoms with E-state index in [1.54, 1.807) is 25.6 Å². The average Bonchev–Trinajstić information content (AvgIpc) is 3.59. The number of benzene rings is 1. The van der Waals surface area contributed by atoms with Gasteiger partial charge in [0.25, 0.3) is 0 Å². The molecule has 0 spiro atoms. The van der Waals surface area contributed by atoms with Crippen molar-refractivity contribution in [1.82, 2.24) is 9.80 Å². The summed E-state index contributed by atoms with van der Waals surface area (Å²) in [7, 11) is 3.36. The molecule has 1 fully saturated rings. The molecule has 0 bridgehead atoms. The minimum Gasteiger partial charge on any atom is -0.497 e. The summed E-state index contributed by atoms with van der Waals surface area (Å²) >= 11 is 3.54. The predicted octanol–water partition coefficient (Wildman–Crippen LogP) is 5.14. The van der Waals surface area contributed by atoms with E-state index in [9.17, 15) is 4.79 Å². The van der Waals surface area contributed by atoms with Gasteiger partial charge in [-0.15, -0.1) is 22.7 Å². The van der Waals surface area contributed by atoms with Crippen LogP contribution in [-0.2, 0) is 11.2 Å². The molecule has 0 N–H and O–H groups in total. The summed E-state index contributed by atoms with van der Waals surface area (Å²) in [6.45, 7) is 2.13. The number of fused-ring (bicyclic) bond motifs is 1. The van der Waals surface area contributed by atoms with E-state index < -0.39 is 0 Å². The number of ether oxygens (including phenoxy) is 2. The second-order valence-corrected chi connectivity index (χ2v) is 10.3. The Hall–Kier alpha value is -2.35. The summed E-state index contributed by atoms with van der Waals surface area (Å²) in [6, 6.07) is 12.6. The molecule has 1 aromatic carbocycles. The van der Waals surface area contributed by atoms with Crippen LogP contribution in [0.15, 0.2) is 47.2 Å². The molecular formula is C25H28N2O3S2. The van der Waals surface area contributed by atoms with E-state index >= 15 is 0 Å². The van der Waals surface area contributed by atoms with E-state index in [0.29, 0.717) is 6.54 Å². The van der Waals surface area contributed by atoms with Crippen molar-refractivity contribution < 1.29 is 14.3 Å². The summed E-state index contributed by atoms with van der Waals surface area (Å²) in [5.41, 5.74) is 2.43. The highest BCUT2D eigenvalue weighted by molar-refractivity contribution is 7.10. The molecule has 32 heavy (non-hydrogen) atoms. The Kier molecular flexibility index (Phi) is 6.22. The number of hydrogen-bond donors (Lipinski definition) is 0. The number of thiophene rings is 2. The first-order valence-corrected chi connectivity index (χ1v) is 12.8. The van der Waals surface area contributed by atoms with E-state index in [-0.39, 0.29) is 18.0 Å². The first-order chi connectivity index (χ1) is 15.7. The van der Waals surface area contributed by atoms with Crippen LogP contribution in [0.25, 0.3) is 0 Å². The summed E-state index contributed by atoms with van der Waals surface area (Å²) < 4.78 is 11.0. The lowest BCUT2D eigenvalue weighted by atomic mass is 9.98. The maximum absolute atomic E-state index is 13.7. The number of carbonyl (C=O) groups excluding carboxylic acids is 1. The van der Waals surface area contributed by atoms with Gasteiger partial charge in [0.1, 0.15) is 11.5 Å². The maximum atomic E-state index is 13.7. The van der Waals surface area contributed by atoms with Crippen molar-refractivity contribution in [3.63, 3.8) is 0 Å². The molecule has 168 valence electrons. The van der Waals surface area contributed by atoms with Gasteiger partial charge in [-0.05, 0) is 60.3 Å². The second-order valence-electron chi connectivity index (χ2n) is 8.29. The molecule has 4 heterocycles. The smallest absolute Gasteiger partial charge is 0.237 e. The molecular weight excluding hydrogens is 440 g/mol. The highest BCUT2D eigenvalue weighted by Crippen LogP contribution is 2.41. The summed E-state index contributed by atoms with van der Waals surface area (Å²) in [5.74, 6) is 1.82. The molecule has 5 rings (SSSR count). The van der Waals surface area contributed by atoms with Crippen molar-refractivity contribution in [2.45, 2.75) is 31.3 Å².